The highest BCUT2D eigenvalue weighted by Crippen LogP contribution is 2.42. The van der Waals surface area contributed by atoms with Crippen LogP contribution in [0.3, 0.4) is 0 Å². The first-order chi connectivity index (χ1) is 15.3. The molecular weight excluding hydrogens is 457 g/mol. The third-order valence-electron chi connectivity index (χ3n) is 4.45. The number of hydrogen-bond acceptors (Lipinski definition) is 6. The van der Waals surface area contributed by atoms with Crippen LogP contribution in [0.25, 0.3) is 11.1 Å². The van der Waals surface area contributed by atoms with Crippen LogP contribution >= 0.6 is 0 Å². The normalized spacial score (nSPS) is 13.1. The number of aromatic nitrogens is 3. The number of aromatic amines is 1. The Kier molecular flexibility index (Phi) is 6.70. The zero-order valence-electron chi connectivity index (χ0n) is 18.7. The van der Waals surface area contributed by atoms with Crippen LogP contribution < -0.4 is 20.5 Å². The van der Waals surface area contributed by atoms with Gasteiger partial charge in [0.1, 0.15) is 16.7 Å². The lowest BCUT2D eigenvalue weighted by Gasteiger charge is -2.22. The highest BCUT2D eigenvalue weighted by atomic mass is 32.2. The molecule has 0 aliphatic rings. The maximum Gasteiger partial charge on any atom is 0.417 e. The van der Waals surface area contributed by atoms with Gasteiger partial charge in [-0.25, -0.2) is 14.0 Å². The lowest BCUT2D eigenvalue weighted by molar-refractivity contribution is -0.137. The van der Waals surface area contributed by atoms with E-state index in [0.717, 1.165) is 6.07 Å². The number of H-pyrrole nitrogens is 1. The molecule has 0 spiro atoms. The maximum absolute atomic E-state index is 14.1. The molecule has 1 aromatic heterocycles. The van der Waals surface area contributed by atoms with Crippen LogP contribution in [0.5, 0.6) is 5.75 Å². The molecule has 178 valence electrons. The number of nitrogens with one attached hydrogen (secondary N) is 3. The number of anilines is 3. The monoisotopic (exact) mass is 482 g/mol. The van der Waals surface area contributed by atoms with Gasteiger partial charge in [0.15, 0.2) is 0 Å². The SMILES string of the molecule is COc1ccc(-c2c(C)cc(Nc3n[nH]c(N)n3)cc2C(F)(F)F)cc1S(=O)NC(C)(C)C. The molecule has 0 bridgehead atoms. The van der Waals surface area contributed by atoms with Gasteiger partial charge in [0.05, 0.1) is 17.6 Å². The van der Waals surface area contributed by atoms with Crippen LogP contribution in [0.2, 0.25) is 0 Å². The Bertz CT molecular complexity index is 1190. The summed E-state index contributed by atoms with van der Waals surface area (Å²) < 4.78 is 63.4. The minimum absolute atomic E-state index is 0.0285. The second-order valence-corrected chi connectivity index (χ2v) is 9.55. The fourth-order valence-corrected chi connectivity index (χ4v) is 4.47. The second kappa shape index (κ2) is 9.02. The van der Waals surface area contributed by atoms with Crippen molar-refractivity contribution in [3.8, 4) is 16.9 Å². The molecule has 5 N–H and O–H groups in total. The van der Waals surface area contributed by atoms with Crippen LogP contribution in [0, 0.1) is 6.92 Å². The summed E-state index contributed by atoms with van der Waals surface area (Å²) in [5.41, 5.74) is 4.85. The molecule has 2 aromatic carbocycles. The minimum atomic E-state index is -4.65. The van der Waals surface area contributed by atoms with Crippen molar-refractivity contribution in [2.45, 2.75) is 44.3 Å². The molecule has 3 aromatic rings. The molecule has 3 rings (SSSR count). The van der Waals surface area contributed by atoms with E-state index in [-0.39, 0.29) is 33.6 Å². The van der Waals surface area contributed by atoms with Gasteiger partial charge in [-0.15, -0.1) is 5.10 Å². The van der Waals surface area contributed by atoms with Gasteiger partial charge in [0.25, 0.3) is 0 Å². The van der Waals surface area contributed by atoms with E-state index in [1.54, 1.807) is 13.0 Å². The number of nitrogen functional groups attached to an aromatic ring is 1. The molecule has 0 amide bonds. The van der Waals surface area contributed by atoms with Crippen LogP contribution in [0.15, 0.2) is 35.2 Å². The lowest BCUT2D eigenvalue weighted by Crippen LogP contribution is -2.37. The Morgan fingerprint density at radius 3 is 2.39 bits per heavy atom. The fraction of sp³-hybridized carbons (Fsp3) is 0.333. The van der Waals surface area contributed by atoms with Gasteiger partial charge in [-0.1, -0.05) is 6.07 Å². The smallest absolute Gasteiger partial charge is 0.417 e. The molecule has 0 saturated carbocycles. The number of rotatable bonds is 6. The van der Waals surface area contributed by atoms with E-state index in [4.69, 9.17) is 10.5 Å². The standard InChI is InChI=1S/C21H25F3N6O2S/c1-11-8-13(26-19-27-18(25)28-29-19)10-14(21(22,23)24)17(11)12-6-7-15(32-5)16(9-12)33(31)30-20(2,3)4/h6-10,30H,1-5H3,(H4,25,26,27,28,29). The van der Waals surface area contributed by atoms with Crippen molar-refractivity contribution in [1.82, 2.24) is 19.9 Å². The summed E-state index contributed by atoms with van der Waals surface area (Å²) in [5, 5.41) is 8.92. The number of hydrogen-bond donors (Lipinski definition) is 4. The Labute approximate surface area is 191 Å². The van der Waals surface area contributed by atoms with Crippen LogP contribution in [0.4, 0.5) is 30.8 Å². The number of benzene rings is 2. The highest BCUT2D eigenvalue weighted by Gasteiger charge is 2.35. The molecule has 0 radical (unpaired) electrons. The summed E-state index contributed by atoms with van der Waals surface area (Å²) in [5.74, 6) is 0.383. The number of aryl methyl sites for hydroxylation is 1. The zero-order chi connectivity index (χ0) is 24.6. The van der Waals surface area contributed by atoms with Crippen LogP contribution in [-0.2, 0) is 17.2 Å². The van der Waals surface area contributed by atoms with Gasteiger partial charge in [-0.2, -0.15) is 18.2 Å². The summed E-state index contributed by atoms with van der Waals surface area (Å²) in [6, 6.07) is 7.00. The van der Waals surface area contributed by atoms with Gasteiger partial charge in [-0.3, -0.25) is 0 Å². The molecule has 1 atom stereocenters. The van der Waals surface area contributed by atoms with Crippen molar-refractivity contribution in [3.63, 3.8) is 0 Å². The Hall–Kier alpha value is -3.12. The lowest BCUT2D eigenvalue weighted by atomic mass is 9.93. The Morgan fingerprint density at radius 1 is 1.15 bits per heavy atom. The van der Waals surface area contributed by atoms with E-state index in [1.807, 2.05) is 20.8 Å². The molecule has 33 heavy (non-hydrogen) atoms. The predicted octanol–water partition coefficient (Wildman–Crippen LogP) is 4.54. The van der Waals surface area contributed by atoms with E-state index in [0.29, 0.717) is 11.3 Å². The van der Waals surface area contributed by atoms with E-state index in [1.165, 1.54) is 25.3 Å². The van der Waals surface area contributed by atoms with Gasteiger partial charge in [-0.05, 0) is 68.7 Å². The molecule has 0 fully saturated rings. The summed E-state index contributed by atoms with van der Waals surface area (Å²) in [4.78, 5) is 4.10. The van der Waals surface area contributed by atoms with Crippen LogP contribution in [0.1, 0.15) is 31.9 Å². The summed E-state index contributed by atoms with van der Waals surface area (Å²) in [6.07, 6.45) is -4.65. The number of alkyl halides is 3. The molecule has 12 heteroatoms. The highest BCUT2D eigenvalue weighted by molar-refractivity contribution is 7.83. The van der Waals surface area contributed by atoms with Gasteiger partial charge in [0, 0.05) is 11.2 Å². The number of methoxy groups -OCH3 is 1. The average Bonchev–Trinajstić information content (AvgIpc) is 3.09. The van der Waals surface area contributed by atoms with Crippen molar-refractivity contribution in [1.29, 1.82) is 0 Å². The number of nitrogens with two attached hydrogens (primary N) is 1. The Morgan fingerprint density at radius 2 is 1.85 bits per heavy atom. The number of nitrogens with zero attached hydrogens (tertiary/aromatic N) is 2. The zero-order valence-corrected chi connectivity index (χ0v) is 19.5. The predicted molar refractivity (Wildman–Crippen MR) is 122 cm³/mol. The second-order valence-electron chi connectivity index (χ2n) is 8.37. The van der Waals surface area contributed by atoms with Crippen molar-refractivity contribution in [3.05, 3.63) is 41.5 Å². The fourth-order valence-electron chi connectivity index (χ4n) is 3.24. The third-order valence-corrected chi connectivity index (χ3v) is 5.97. The first kappa shape index (κ1) is 24.5. The minimum Gasteiger partial charge on any atom is -0.495 e. The van der Waals surface area contributed by atoms with E-state index in [9.17, 15) is 17.4 Å². The van der Waals surface area contributed by atoms with Gasteiger partial charge < -0.3 is 15.8 Å². The van der Waals surface area contributed by atoms with Gasteiger partial charge in [0.2, 0.25) is 11.9 Å². The van der Waals surface area contributed by atoms with Crippen LogP contribution in [-0.4, -0.2) is 32.0 Å². The first-order valence-corrected chi connectivity index (χ1v) is 11.0. The molecule has 1 heterocycles. The van der Waals surface area contributed by atoms with Crippen molar-refractivity contribution in [2.24, 2.45) is 0 Å². The third kappa shape index (κ3) is 5.82. The summed E-state index contributed by atoms with van der Waals surface area (Å²) in [6.45, 7) is 7.07. The molecule has 0 aliphatic heterocycles. The largest absolute Gasteiger partial charge is 0.495 e. The van der Waals surface area contributed by atoms with E-state index < -0.39 is 28.3 Å². The summed E-state index contributed by atoms with van der Waals surface area (Å²) >= 11 is 0. The first-order valence-electron chi connectivity index (χ1n) is 9.83. The van der Waals surface area contributed by atoms with Crippen molar-refractivity contribution >= 4 is 28.6 Å². The molecular formula is C21H25F3N6O2S. The molecule has 0 saturated heterocycles. The number of halogens is 3. The quantitative estimate of drug-likeness (QED) is 0.410. The van der Waals surface area contributed by atoms with Gasteiger partial charge >= 0.3 is 6.18 Å². The average molecular weight is 483 g/mol. The summed E-state index contributed by atoms with van der Waals surface area (Å²) in [7, 11) is -0.300. The van der Waals surface area contributed by atoms with Crippen molar-refractivity contribution in [2.75, 3.05) is 18.2 Å². The van der Waals surface area contributed by atoms with E-state index >= 15 is 0 Å². The molecule has 0 aliphatic carbocycles. The molecule has 1 unspecified atom stereocenters. The molecule has 8 nitrogen and oxygen atoms in total. The van der Waals surface area contributed by atoms with E-state index in [2.05, 4.69) is 25.2 Å². The topological polar surface area (TPSA) is 118 Å². The van der Waals surface area contributed by atoms with Crippen molar-refractivity contribution < 1.29 is 22.1 Å². The maximum atomic E-state index is 14.1. The Balaban J connectivity index is 2.13. The number of ether oxygens (including phenoxy) is 1.